The van der Waals surface area contributed by atoms with Crippen LogP contribution in [0.4, 0.5) is 0 Å². The number of benzene rings is 2. The molecule has 4 nitrogen and oxygen atoms in total. The van der Waals surface area contributed by atoms with E-state index in [-0.39, 0.29) is 0 Å². The van der Waals surface area contributed by atoms with E-state index in [1.165, 1.54) is 0 Å². The molecular formula is C44H50N4Si2. The zero-order chi connectivity index (χ0) is 36.4. The Morgan fingerprint density at radius 1 is 0.460 bits per heavy atom. The van der Waals surface area contributed by atoms with Gasteiger partial charge in [0.2, 0.25) is 0 Å². The predicted octanol–water partition coefficient (Wildman–Crippen LogP) is 11.0. The Morgan fingerprint density at radius 2 is 0.800 bits per heavy atom. The second-order valence-corrected chi connectivity index (χ2v) is 26.6. The first-order valence-electron chi connectivity index (χ1n) is 18.1. The van der Waals surface area contributed by atoms with Crippen molar-refractivity contribution in [3.8, 4) is 46.6 Å². The Hall–Kier alpha value is -4.47. The number of hydrogen-bond acceptors (Lipinski definition) is 4. The number of aromatic nitrogens is 4. The zero-order valence-corrected chi connectivity index (χ0v) is 33.9. The lowest BCUT2D eigenvalue weighted by Crippen LogP contribution is -2.43. The Bertz CT molecular complexity index is 2130. The van der Waals surface area contributed by atoms with Crippen molar-refractivity contribution in [3.63, 3.8) is 0 Å². The third-order valence-electron chi connectivity index (χ3n) is 11.0. The highest BCUT2D eigenvalue weighted by atomic mass is 28.3. The second kappa shape index (κ2) is 14.8. The quantitative estimate of drug-likeness (QED) is 0.0770. The highest BCUT2D eigenvalue weighted by Crippen LogP contribution is 2.42. The molecule has 0 radical (unpaired) electrons. The van der Waals surface area contributed by atoms with Crippen LogP contribution < -0.4 is 0 Å². The van der Waals surface area contributed by atoms with Crippen molar-refractivity contribution in [3.05, 3.63) is 59.9 Å². The average Bonchev–Trinajstić information content (AvgIpc) is 3.06. The van der Waals surface area contributed by atoms with E-state index in [0.29, 0.717) is 33.2 Å². The maximum absolute atomic E-state index is 5.18. The van der Waals surface area contributed by atoms with Crippen LogP contribution in [0.2, 0.25) is 33.2 Å². The molecule has 0 saturated heterocycles. The van der Waals surface area contributed by atoms with Gasteiger partial charge in [0.15, 0.2) is 0 Å². The lowest BCUT2D eigenvalue weighted by atomic mass is 10.0. The fourth-order valence-electron chi connectivity index (χ4n) is 8.60. The number of nitrogens with zero attached hydrogens (tertiary/aromatic N) is 4. The maximum atomic E-state index is 5.18. The van der Waals surface area contributed by atoms with Gasteiger partial charge in [0.05, 0.1) is 33.1 Å². The van der Waals surface area contributed by atoms with Gasteiger partial charge in [-0.05, 0) is 93.3 Å². The second-order valence-electron chi connectivity index (χ2n) is 15.4. The van der Waals surface area contributed by atoms with Crippen LogP contribution in [0.3, 0.4) is 0 Å². The van der Waals surface area contributed by atoms with Crippen molar-refractivity contribution < 1.29 is 0 Å². The van der Waals surface area contributed by atoms with Gasteiger partial charge in [-0.2, -0.15) is 0 Å². The molecule has 0 aliphatic carbocycles. The van der Waals surface area contributed by atoms with Gasteiger partial charge < -0.3 is 0 Å². The fraction of sp³-hybridized carbons (Fsp3) is 0.409. The van der Waals surface area contributed by atoms with Crippen LogP contribution in [0.5, 0.6) is 0 Å². The molecule has 0 bridgehead atoms. The molecule has 0 saturated carbocycles. The minimum absolute atomic E-state index is 0.537. The van der Waals surface area contributed by atoms with E-state index < -0.39 is 16.1 Å². The topological polar surface area (TPSA) is 51.6 Å². The van der Waals surface area contributed by atoms with Crippen LogP contribution in [0.15, 0.2) is 48.8 Å². The van der Waals surface area contributed by atoms with Gasteiger partial charge in [0, 0.05) is 34.3 Å². The van der Waals surface area contributed by atoms with Crippen LogP contribution in [0, 0.1) is 46.6 Å². The van der Waals surface area contributed by atoms with Crippen LogP contribution in [0.25, 0.3) is 43.9 Å². The van der Waals surface area contributed by atoms with Crippen molar-refractivity contribution in [2.75, 3.05) is 0 Å². The molecule has 0 amide bonds. The summed E-state index contributed by atoms with van der Waals surface area (Å²) in [7, 11) is -3.83. The molecule has 5 aromatic rings. The number of rotatable bonds is 6. The molecule has 3 heterocycles. The summed E-state index contributed by atoms with van der Waals surface area (Å²) in [5.74, 6) is 19.9. The summed E-state index contributed by atoms with van der Waals surface area (Å²) < 4.78 is 0. The van der Waals surface area contributed by atoms with Gasteiger partial charge in [0.25, 0.3) is 0 Å². The molecule has 0 N–H and O–H groups in total. The number of hydrogen-bond donors (Lipinski definition) is 0. The summed E-state index contributed by atoms with van der Waals surface area (Å²) in [5.41, 5.74) is 17.0. The normalized spacial score (nSPS) is 12.0. The van der Waals surface area contributed by atoms with Gasteiger partial charge in [-0.25, -0.2) is 9.97 Å². The predicted molar refractivity (Wildman–Crippen MR) is 219 cm³/mol. The Morgan fingerprint density at radius 3 is 1.12 bits per heavy atom. The molecule has 0 spiro atoms. The van der Waals surface area contributed by atoms with Gasteiger partial charge in [-0.3, -0.25) is 9.97 Å². The van der Waals surface area contributed by atoms with Crippen molar-refractivity contribution in [1.82, 2.24) is 19.9 Å². The summed E-state index contributed by atoms with van der Waals surface area (Å²) in [5, 5.41) is 1.84. The molecular weight excluding hydrogens is 641 g/mol. The Labute approximate surface area is 301 Å². The SMILES string of the molecule is CC(C)[Si](C#CC#Cc1cc2nc3c4cccnc4c4ncccc4c3nc2cc1C#CC#C[Si](C(C)C)(C(C)C)C(C)C)(C(C)C)C(C)C. The van der Waals surface area contributed by atoms with Crippen LogP contribution in [0.1, 0.15) is 94.2 Å². The lowest BCUT2D eigenvalue weighted by molar-refractivity contribution is 0.838. The summed E-state index contributed by atoms with van der Waals surface area (Å²) in [6.07, 6.45) is 3.59. The van der Waals surface area contributed by atoms with E-state index in [1.807, 2.05) is 36.4 Å². The van der Waals surface area contributed by atoms with Crippen LogP contribution >= 0.6 is 0 Å². The standard InChI is InChI=1S/C44H50N4Si2/c1-29(2)49(30(3)4,31(5)6)25-15-13-19-35-27-39-40(28-36(35)20-14-16-26-50(32(7)8,33(9)10)34(11)12)48-44-38-22-18-24-46-42(38)41-37(43(44)47-39)21-17-23-45-41/h17-18,21-24,27-34H,1-12H3. The molecule has 0 atom stereocenters. The maximum Gasteiger partial charge on any atom is 0.147 e. The van der Waals surface area contributed by atoms with E-state index in [1.54, 1.807) is 12.4 Å². The van der Waals surface area contributed by atoms with Crippen molar-refractivity contribution >= 4 is 60.0 Å². The molecule has 0 fully saturated rings. The average molecular weight is 691 g/mol. The van der Waals surface area contributed by atoms with E-state index in [4.69, 9.17) is 9.97 Å². The summed E-state index contributed by atoms with van der Waals surface area (Å²) in [6, 6.07) is 12.0. The first-order valence-corrected chi connectivity index (χ1v) is 22.5. The van der Waals surface area contributed by atoms with Crippen molar-refractivity contribution in [2.45, 2.75) is 116 Å². The van der Waals surface area contributed by atoms with Crippen molar-refractivity contribution in [2.24, 2.45) is 0 Å². The molecule has 3 aromatic heterocycles. The third-order valence-corrected chi connectivity index (χ3v) is 23.5. The summed E-state index contributed by atoms with van der Waals surface area (Å²) in [6.45, 7) is 27.9. The summed E-state index contributed by atoms with van der Waals surface area (Å²) in [4.78, 5) is 19.7. The van der Waals surface area contributed by atoms with E-state index in [2.05, 4.69) is 140 Å². The van der Waals surface area contributed by atoms with Gasteiger partial charge in [-0.1, -0.05) is 94.9 Å². The molecule has 254 valence electrons. The largest absolute Gasteiger partial charge is 0.254 e. The van der Waals surface area contributed by atoms with E-state index in [0.717, 1.165) is 55.0 Å². The number of fused-ring (bicyclic) bond motifs is 7. The molecule has 0 aliphatic heterocycles. The minimum Gasteiger partial charge on any atom is -0.254 e. The molecule has 50 heavy (non-hydrogen) atoms. The Kier molecular flexibility index (Phi) is 10.9. The number of pyridine rings is 2. The molecule has 0 aliphatic rings. The lowest BCUT2D eigenvalue weighted by Gasteiger charge is -2.37. The van der Waals surface area contributed by atoms with Crippen LogP contribution in [-0.2, 0) is 0 Å². The molecule has 5 rings (SSSR count). The smallest absolute Gasteiger partial charge is 0.147 e. The van der Waals surface area contributed by atoms with Crippen molar-refractivity contribution in [1.29, 1.82) is 0 Å². The van der Waals surface area contributed by atoms with Gasteiger partial charge in [0.1, 0.15) is 16.1 Å². The van der Waals surface area contributed by atoms with Crippen LogP contribution in [-0.4, -0.2) is 36.1 Å². The van der Waals surface area contributed by atoms with E-state index >= 15 is 0 Å². The zero-order valence-electron chi connectivity index (χ0n) is 31.9. The van der Waals surface area contributed by atoms with Gasteiger partial charge >= 0.3 is 0 Å². The first kappa shape index (κ1) is 36.8. The fourth-order valence-corrected chi connectivity index (χ4v) is 18.9. The van der Waals surface area contributed by atoms with E-state index in [9.17, 15) is 0 Å². The monoisotopic (exact) mass is 690 g/mol. The Balaban J connectivity index is 1.76. The molecule has 0 unspecified atom stereocenters. The third kappa shape index (κ3) is 6.56. The first-order chi connectivity index (χ1) is 23.7. The summed E-state index contributed by atoms with van der Waals surface area (Å²) >= 11 is 0. The minimum atomic E-state index is -1.91. The highest BCUT2D eigenvalue weighted by molar-refractivity contribution is 6.91. The molecule has 2 aromatic carbocycles. The van der Waals surface area contributed by atoms with Gasteiger partial charge in [-0.15, -0.1) is 11.1 Å². The molecule has 6 heteroatoms. The highest BCUT2D eigenvalue weighted by Gasteiger charge is 2.42.